The Morgan fingerprint density at radius 1 is 1.25 bits per heavy atom. The Hall–Kier alpha value is -1.03. The highest BCUT2D eigenvalue weighted by atomic mass is 79.9. The molecule has 0 amide bonds. The lowest BCUT2D eigenvalue weighted by Crippen LogP contribution is -2.10. The zero-order chi connectivity index (χ0) is 14.5. The normalized spacial score (nSPS) is 12.2. The van der Waals surface area contributed by atoms with Crippen LogP contribution in [0.1, 0.15) is 30.5 Å². The van der Waals surface area contributed by atoms with Crippen LogP contribution in [0.3, 0.4) is 0 Å². The molecule has 0 spiro atoms. The van der Waals surface area contributed by atoms with E-state index < -0.39 is 0 Å². The van der Waals surface area contributed by atoms with Gasteiger partial charge in [0.15, 0.2) is 0 Å². The van der Waals surface area contributed by atoms with Gasteiger partial charge in [0.05, 0.1) is 0 Å². The van der Waals surface area contributed by atoms with Gasteiger partial charge in [-0.2, -0.15) is 0 Å². The van der Waals surface area contributed by atoms with Gasteiger partial charge in [0.25, 0.3) is 0 Å². The first-order chi connectivity index (χ1) is 9.61. The fourth-order valence-corrected chi connectivity index (χ4v) is 2.66. The van der Waals surface area contributed by atoms with Crippen molar-refractivity contribution in [2.75, 3.05) is 0 Å². The number of rotatable bonds is 5. The summed E-state index contributed by atoms with van der Waals surface area (Å²) in [5.41, 5.74) is 8.09. The van der Waals surface area contributed by atoms with E-state index in [-0.39, 0.29) is 6.04 Å². The van der Waals surface area contributed by atoms with Crippen LogP contribution in [0.4, 0.5) is 0 Å². The second-order valence-corrected chi connectivity index (χ2v) is 5.90. The molecule has 2 aromatic rings. The van der Waals surface area contributed by atoms with E-state index in [0.717, 1.165) is 27.8 Å². The monoisotopic (exact) mass is 353 g/mol. The van der Waals surface area contributed by atoms with Gasteiger partial charge >= 0.3 is 0 Å². The molecule has 20 heavy (non-hydrogen) atoms. The van der Waals surface area contributed by atoms with Gasteiger partial charge in [-0.15, -0.1) is 0 Å². The second kappa shape index (κ2) is 7.11. The summed E-state index contributed by atoms with van der Waals surface area (Å²) in [7, 11) is 0. The van der Waals surface area contributed by atoms with Crippen LogP contribution in [0, 0.1) is 0 Å². The third kappa shape index (κ3) is 3.75. The minimum atomic E-state index is -0.00779. The average molecular weight is 355 g/mol. The minimum absolute atomic E-state index is 0.00779. The standard InChI is InChI=1S/C16H17BrClNO/c1-2-15(19)13-5-3-4-6-16(13)20-10-11-7-8-12(17)9-14(11)18/h3-9,15H,2,10,19H2,1H3. The number of nitrogens with two attached hydrogens (primary N) is 1. The second-order valence-electron chi connectivity index (χ2n) is 4.58. The number of benzene rings is 2. The molecule has 0 fully saturated rings. The van der Waals surface area contributed by atoms with E-state index in [1.165, 1.54) is 0 Å². The van der Waals surface area contributed by atoms with Gasteiger partial charge in [-0.1, -0.05) is 58.7 Å². The summed E-state index contributed by atoms with van der Waals surface area (Å²) < 4.78 is 6.85. The van der Waals surface area contributed by atoms with E-state index in [9.17, 15) is 0 Å². The van der Waals surface area contributed by atoms with Crippen molar-refractivity contribution in [3.05, 3.63) is 63.1 Å². The molecule has 2 N–H and O–H groups in total. The van der Waals surface area contributed by atoms with E-state index >= 15 is 0 Å². The highest BCUT2D eigenvalue weighted by Crippen LogP contribution is 2.28. The van der Waals surface area contributed by atoms with E-state index in [2.05, 4.69) is 22.9 Å². The lowest BCUT2D eigenvalue weighted by atomic mass is 10.0. The molecule has 0 saturated heterocycles. The number of para-hydroxylation sites is 1. The molecule has 0 radical (unpaired) electrons. The van der Waals surface area contributed by atoms with Crippen LogP contribution in [-0.2, 0) is 6.61 Å². The molecule has 1 atom stereocenters. The van der Waals surface area contributed by atoms with Crippen molar-refractivity contribution >= 4 is 27.5 Å². The van der Waals surface area contributed by atoms with E-state index in [1.54, 1.807) is 0 Å². The summed E-state index contributed by atoms with van der Waals surface area (Å²) in [5.74, 6) is 0.820. The first-order valence-electron chi connectivity index (χ1n) is 6.53. The third-order valence-electron chi connectivity index (χ3n) is 3.16. The molecule has 0 bridgehead atoms. The zero-order valence-electron chi connectivity index (χ0n) is 11.3. The van der Waals surface area contributed by atoms with E-state index in [1.807, 2.05) is 42.5 Å². The largest absolute Gasteiger partial charge is 0.489 e. The summed E-state index contributed by atoms with van der Waals surface area (Å²) in [6.07, 6.45) is 0.874. The molecule has 0 heterocycles. The average Bonchev–Trinajstić information content (AvgIpc) is 2.46. The van der Waals surface area contributed by atoms with E-state index in [0.29, 0.717) is 11.6 Å². The minimum Gasteiger partial charge on any atom is -0.489 e. The Morgan fingerprint density at radius 3 is 2.70 bits per heavy atom. The van der Waals surface area contributed by atoms with Gasteiger partial charge in [0, 0.05) is 26.7 Å². The highest BCUT2D eigenvalue weighted by Gasteiger charge is 2.10. The molecule has 0 aromatic heterocycles. The fourth-order valence-electron chi connectivity index (χ4n) is 1.93. The maximum atomic E-state index is 6.19. The molecule has 0 aliphatic rings. The molecular weight excluding hydrogens is 338 g/mol. The van der Waals surface area contributed by atoms with Gasteiger partial charge in [-0.05, 0) is 24.6 Å². The predicted molar refractivity (Wildman–Crippen MR) is 87.1 cm³/mol. The van der Waals surface area contributed by atoms with Gasteiger partial charge in [0.1, 0.15) is 12.4 Å². The summed E-state index contributed by atoms with van der Waals surface area (Å²) in [6, 6.07) is 13.6. The van der Waals surface area contributed by atoms with Crippen molar-refractivity contribution in [3.63, 3.8) is 0 Å². The maximum absolute atomic E-state index is 6.19. The maximum Gasteiger partial charge on any atom is 0.124 e. The molecule has 0 aliphatic heterocycles. The van der Waals surface area contributed by atoms with Crippen molar-refractivity contribution in [2.24, 2.45) is 5.73 Å². The smallest absolute Gasteiger partial charge is 0.124 e. The SMILES string of the molecule is CCC(N)c1ccccc1OCc1ccc(Br)cc1Cl. The van der Waals surface area contributed by atoms with Crippen molar-refractivity contribution in [1.82, 2.24) is 0 Å². The fraction of sp³-hybridized carbons (Fsp3) is 0.250. The van der Waals surface area contributed by atoms with Crippen molar-refractivity contribution < 1.29 is 4.74 Å². The van der Waals surface area contributed by atoms with Crippen LogP contribution >= 0.6 is 27.5 Å². The first kappa shape index (κ1) is 15.4. The molecule has 0 saturated carbocycles. The molecule has 2 rings (SSSR count). The van der Waals surface area contributed by atoms with Gasteiger partial charge in [0.2, 0.25) is 0 Å². The Morgan fingerprint density at radius 2 is 2.00 bits per heavy atom. The lowest BCUT2D eigenvalue weighted by Gasteiger charge is -2.16. The quantitative estimate of drug-likeness (QED) is 0.811. The molecular formula is C16H17BrClNO. The van der Waals surface area contributed by atoms with Crippen LogP contribution in [-0.4, -0.2) is 0 Å². The molecule has 2 aromatic carbocycles. The van der Waals surface area contributed by atoms with Crippen molar-refractivity contribution in [2.45, 2.75) is 26.0 Å². The molecule has 1 unspecified atom stereocenters. The van der Waals surface area contributed by atoms with Crippen LogP contribution in [0.15, 0.2) is 46.9 Å². The first-order valence-corrected chi connectivity index (χ1v) is 7.70. The summed E-state index contributed by atoms with van der Waals surface area (Å²) in [4.78, 5) is 0. The van der Waals surface area contributed by atoms with Crippen LogP contribution in [0.2, 0.25) is 5.02 Å². The molecule has 0 aliphatic carbocycles. The number of hydrogen-bond acceptors (Lipinski definition) is 2. The topological polar surface area (TPSA) is 35.2 Å². The number of halogens is 2. The third-order valence-corrected chi connectivity index (χ3v) is 4.00. The van der Waals surface area contributed by atoms with Crippen LogP contribution < -0.4 is 10.5 Å². The van der Waals surface area contributed by atoms with Gasteiger partial charge in [-0.25, -0.2) is 0 Å². The molecule has 106 valence electrons. The summed E-state index contributed by atoms with van der Waals surface area (Å²) in [5, 5.41) is 0.691. The van der Waals surface area contributed by atoms with Gasteiger partial charge in [-0.3, -0.25) is 0 Å². The van der Waals surface area contributed by atoms with Gasteiger partial charge < -0.3 is 10.5 Å². The Balaban J connectivity index is 2.15. The summed E-state index contributed by atoms with van der Waals surface area (Å²) in [6.45, 7) is 2.49. The van der Waals surface area contributed by atoms with Crippen LogP contribution in [0.5, 0.6) is 5.75 Å². The molecule has 4 heteroatoms. The molecule has 2 nitrogen and oxygen atoms in total. The zero-order valence-corrected chi connectivity index (χ0v) is 13.6. The Labute approximate surface area is 133 Å². The van der Waals surface area contributed by atoms with Crippen molar-refractivity contribution in [1.29, 1.82) is 0 Å². The lowest BCUT2D eigenvalue weighted by molar-refractivity contribution is 0.301. The number of ether oxygens (including phenoxy) is 1. The number of hydrogen-bond donors (Lipinski definition) is 1. The predicted octanol–water partition coefficient (Wildman–Crippen LogP) is 5.09. The van der Waals surface area contributed by atoms with Crippen LogP contribution in [0.25, 0.3) is 0 Å². The van der Waals surface area contributed by atoms with Crippen molar-refractivity contribution in [3.8, 4) is 5.75 Å². The van der Waals surface area contributed by atoms with E-state index in [4.69, 9.17) is 22.1 Å². The summed E-state index contributed by atoms with van der Waals surface area (Å²) >= 11 is 9.58. The highest BCUT2D eigenvalue weighted by molar-refractivity contribution is 9.10. The Bertz CT molecular complexity index is 588. The Kier molecular flexibility index (Phi) is 5.46.